The molecule has 4 aromatic rings. The number of aromatic nitrogens is 4. The second-order valence-corrected chi connectivity index (χ2v) is 9.54. The maximum Gasteiger partial charge on any atom is 0.270 e. The Balaban J connectivity index is 1.55. The summed E-state index contributed by atoms with van der Waals surface area (Å²) in [5.74, 6) is 0.0295. The van der Waals surface area contributed by atoms with E-state index in [0.29, 0.717) is 29.9 Å². The zero-order chi connectivity index (χ0) is 25.6. The van der Waals surface area contributed by atoms with Crippen molar-refractivity contribution in [3.63, 3.8) is 0 Å². The number of hydrogen-bond donors (Lipinski definition) is 0. The predicted octanol–water partition coefficient (Wildman–Crippen LogP) is 4.05. The number of piperazine rings is 1. The first-order chi connectivity index (χ1) is 17.3. The van der Waals surface area contributed by atoms with E-state index >= 15 is 0 Å². The number of pyridine rings is 2. The van der Waals surface area contributed by atoms with Gasteiger partial charge in [-0.1, -0.05) is 18.7 Å². The fourth-order valence-corrected chi connectivity index (χ4v) is 5.18. The number of nitrogens with zero attached hydrogens (tertiary/aromatic N) is 7. The van der Waals surface area contributed by atoms with Gasteiger partial charge in [0.25, 0.3) is 11.4 Å². The van der Waals surface area contributed by atoms with Gasteiger partial charge in [-0.3, -0.25) is 9.69 Å². The third-order valence-electron chi connectivity index (χ3n) is 7.03. The quantitative estimate of drug-likeness (QED) is 0.408. The zero-order valence-electron chi connectivity index (χ0n) is 20.8. The van der Waals surface area contributed by atoms with Crippen LogP contribution in [-0.4, -0.2) is 49.2 Å². The minimum Gasteiger partial charge on any atom is -0.362 e. The molecular weight excluding hydrogens is 457 g/mol. The van der Waals surface area contributed by atoms with E-state index in [1.807, 2.05) is 29.9 Å². The molecule has 5 rings (SSSR count). The van der Waals surface area contributed by atoms with Gasteiger partial charge in [0.2, 0.25) is 5.52 Å². The number of hydrogen-bond acceptors (Lipinski definition) is 5. The first kappa shape index (κ1) is 23.7. The Kier molecular flexibility index (Phi) is 6.06. The molecule has 1 aliphatic heterocycles. The number of imidazole rings is 1. The molecule has 4 heterocycles. The molecule has 0 aliphatic carbocycles. The first-order valence-electron chi connectivity index (χ1n) is 11.9. The zero-order valence-corrected chi connectivity index (χ0v) is 20.8. The van der Waals surface area contributed by atoms with E-state index in [9.17, 15) is 9.18 Å². The molecule has 1 unspecified atom stereocenters. The third-order valence-corrected chi connectivity index (χ3v) is 7.03. The maximum atomic E-state index is 13.7. The average molecular weight is 486 g/mol. The van der Waals surface area contributed by atoms with E-state index < -0.39 is 0 Å². The van der Waals surface area contributed by atoms with Crippen LogP contribution in [0.2, 0.25) is 0 Å². The summed E-state index contributed by atoms with van der Waals surface area (Å²) in [5.41, 5.74) is 3.86. The lowest BCUT2D eigenvalue weighted by Gasteiger charge is -2.48. The normalized spacial score (nSPS) is 19.4. The van der Waals surface area contributed by atoms with E-state index in [1.165, 1.54) is 12.1 Å². The SMILES string of the molecule is [C-]#[N+]c1ccc2c(n1)c(N1C[C@@H](C)N(C(c3ccc(F)cc3)c3cn(C)cn3)C[C@@H]1C)cc(=O)n2C. The lowest BCUT2D eigenvalue weighted by Crippen LogP contribution is -2.57. The van der Waals surface area contributed by atoms with Gasteiger partial charge in [0, 0.05) is 51.5 Å². The van der Waals surface area contributed by atoms with E-state index in [1.54, 1.807) is 36.1 Å². The Morgan fingerprint density at radius 1 is 1.08 bits per heavy atom. The van der Waals surface area contributed by atoms with Crippen molar-refractivity contribution < 1.29 is 4.39 Å². The Hall–Kier alpha value is -4.03. The minimum absolute atomic E-state index is 0.0431. The summed E-state index contributed by atoms with van der Waals surface area (Å²) in [4.78, 5) is 30.1. The molecular formula is C27H28FN7O. The number of halogens is 1. The Morgan fingerprint density at radius 3 is 2.50 bits per heavy atom. The molecule has 9 heteroatoms. The summed E-state index contributed by atoms with van der Waals surface area (Å²) in [7, 11) is 3.66. The van der Waals surface area contributed by atoms with Crippen molar-refractivity contribution >= 4 is 22.5 Å². The molecule has 0 saturated carbocycles. The highest BCUT2D eigenvalue weighted by atomic mass is 19.1. The van der Waals surface area contributed by atoms with Crippen molar-refractivity contribution in [2.75, 3.05) is 18.0 Å². The Labute approximate surface area is 209 Å². The predicted molar refractivity (Wildman–Crippen MR) is 138 cm³/mol. The molecule has 1 saturated heterocycles. The van der Waals surface area contributed by atoms with Crippen LogP contribution < -0.4 is 10.5 Å². The van der Waals surface area contributed by atoms with Crippen LogP contribution in [0.1, 0.15) is 31.1 Å². The minimum atomic E-state index is -0.270. The molecule has 3 aromatic heterocycles. The number of fused-ring (bicyclic) bond motifs is 1. The van der Waals surface area contributed by atoms with E-state index in [-0.39, 0.29) is 29.5 Å². The summed E-state index contributed by atoms with van der Waals surface area (Å²) < 4.78 is 17.2. The first-order valence-corrected chi connectivity index (χ1v) is 11.9. The highest BCUT2D eigenvalue weighted by Crippen LogP contribution is 2.35. The van der Waals surface area contributed by atoms with Crippen LogP contribution >= 0.6 is 0 Å². The summed E-state index contributed by atoms with van der Waals surface area (Å²) in [6.45, 7) is 13.0. The van der Waals surface area contributed by atoms with Gasteiger partial charge in [0.05, 0.1) is 29.3 Å². The average Bonchev–Trinajstić information content (AvgIpc) is 3.30. The van der Waals surface area contributed by atoms with Crippen LogP contribution in [-0.2, 0) is 14.1 Å². The van der Waals surface area contributed by atoms with Gasteiger partial charge < -0.3 is 18.9 Å². The molecule has 1 fully saturated rings. The van der Waals surface area contributed by atoms with Crippen LogP contribution in [0.4, 0.5) is 15.9 Å². The summed E-state index contributed by atoms with van der Waals surface area (Å²) in [5, 5.41) is 0. The fourth-order valence-electron chi connectivity index (χ4n) is 5.18. The van der Waals surface area contributed by atoms with Crippen molar-refractivity contribution in [2.45, 2.75) is 32.0 Å². The molecule has 36 heavy (non-hydrogen) atoms. The van der Waals surface area contributed by atoms with Crippen LogP contribution in [0.5, 0.6) is 0 Å². The van der Waals surface area contributed by atoms with Gasteiger partial charge in [-0.05, 0) is 43.7 Å². The third kappa shape index (κ3) is 4.14. The summed E-state index contributed by atoms with van der Waals surface area (Å²) in [6.07, 6.45) is 3.78. The van der Waals surface area contributed by atoms with Crippen LogP contribution in [0.25, 0.3) is 15.9 Å². The van der Waals surface area contributed by atoms with Crippen LogP contribution in [0.15, 0.2) is 59.8 Å². The number of rotatable bonds is 4. The van der Waals surface area contributed by atoms with Gasteiger partial charge >= 0.3 is 0 Å². The lowest BCUT2D eigenvalue weighted by atomic mass is 9.97. The van der Waals surface area contributed by atoms with Crippen molar-refractivity contribution in [1.82, 2.24) is 24.0 Å². The molecule has 0 spiro atoms. The largest absolute Gasteiger partial charge is 0.362 e. The topological polar surface area (TPSA) is 63.6 Å². The van der Waals surface area contributed by atoms with Gasteiger partial charge in [0.1, 0.15) is 5.82 Å². The van der Waals surface area contributed by atoms with Crippen molar-refractivity contribution in [3.05, 3.63) is 93.8 Å². The molecule has 1 aliphatic rings. The molecule has 0 radical (unpaired) electrons. The smallest absolute Gasteiger partial charge is 0.270 e. The fraction of sp³-hybridized carbons (Fsp3) is 0.333. The standard InChI is InChI=1S/C27H28FN7O/c1-17-14-35(27(21-15-32(4)16-30-21)19-6-8-20(28)9-7-19)18(2)13-34(17)23-12-25(36)33(5)22-10-11-24(29-3)31-26(22)23/h6-12,15-18,27H,13-14H2,1-2,4-5H3/t17-,18+,27?/m0/s1. The second-order valence-electron chi connectivity index (χ2n) is 9.54. The number of aryl methyl sites for hydroxylation is 2. The van der Waals surface area contributed by atoms with E-state index in [2.05, 4.69) is 38.5 Å². The van der Waals surface area contributed by atoms with Crippen molar-refractivity contribution in [2.24, 2.45) is 14.1 Å². The molecule has 8 nitrogen and oxygen atoms in total. The Morgan fingerprint density at radius 2 is 1.83 bits per heavy atom. The highest BCUT2D eigenvalue weighted by molar-refractivity contribution is 5.89. The van der Waals surface area contributed by atoms with Crippen LogP contribution in [0.3, 0.4) is 0 Å². The summed E-state index contributed by atoms with van der Waals surface area (Å²) >= 11 is 0. The maximum absolute atomic E-state index is 13.7. The number of anilines is 1. The van der Waals surface area contributed by atoms with Gasteiger partial charge in [-0.25, -0.2) is 9.37 Å². The lowest BCUT2D eigenvalue weighted by molar-refractivity contribution is 0.128. The van der Waals surface area contributed by atoms with Crippen molar-refractivity contribution in [3.8, 4) is 0 Å². The molecule has 1 aromatic carbocycles. The summed E-state index contributed by atoms with van der Waals surface area (Å²) in [6, 6.07) is 11.7. The van der Waals surface area contributed by atoms with E-state index in [4.69, 9.17) is 6.57 Å². The number of benzene rings is 1. The Bertz CT molecular complexity index is 1520. The molecule has 184 valence electrons. The monoisotopic (exact) mass is 485 g/mol. The molecule has 0 amide bonds. The van der Waals surface area contributed by atoms with Gasteiger partial charge in [0.15, 0.2) is 0 Å². The second kappa shape index (κ2) is 9.21. The molecule has 0 bridgehead atoms. The van der Waals surface area contributed by atoms with Crippen molar-refractivity contribution in [1.29, 1.82) is 0 Å². The molecule has 3 atom stereocenters. The highest BCUT2D eigenvalue weighted by Gasteiger charge is 2.37. The van der Waals surface area contributed by atoms with Crippen LogP contribution in [0, 0.1) is 12.4 Å². The van der Waals surface area contributed by atoms with Gasteiger partial charge in [-0.15, -0.1) is 4.98 Å². The molecule has 0 N–H and O–H groups in total. The van der Waals surface area contributed by atoms with Gasteiger partial charge in [-0.2, -0.15) is 0 Å². The van der Waals surface area contributed by atoms with E-state index in [0.717, 1.165) is 16.9 Å².